The van der Waals surface area contributed by atoms with Crippen LogP contribution in [0.5, 0.6) is 0 Å². The third kappa shape index (κ3) is 3.67. The van der Waals surface area contributed by atoms with Crippen LogP contribution in [-0.4, -0.2) is 37.4 Å². The summed E-state index contributed by atoms with van der Waals surface area (Å²) < 4.78 is 17.6. The van der Waals surface area contributed by atoms with E-state index >= 15 is 0 Å². The first kappa shape index (κ1) is 26.2. The summed E-state index contributed by atoms with van der Waals surface area (Å²) in [6.07, 6.45) is 1.18. The second-order valence-corrected chi connectivity index (χ2v) is 12.6. The van der Waals surface area contributed by atoms with Gasteiger partial charge in [-0.15, -0.1) is 0 Å². The summed E-state index contributed by atoms with van der Waals surface area (Å²) in [6, 6.07) is 6.99. The molecule has 1 aliphatic heterocycles. The van der Waals surface area contributed by atoms with Gasteiger partial charge in [-0.1, -0.05) is 66.7 Å². The smallest absolute Gasteiger partial charge is 0.351 e. The van der Waals surface area contributed by atoms with Crippen molar-refractivity contribution in [2.45, 2.75) is 98.0 Å². The van der Waals surface area contributed by atoms with E-state index in [0.29, 0.717) is 44.5 Å². The summed E-state index contributed by atoms with van der Waals surface area (Å²) in [6.45, 7) is 20.7. The van der Waals surface area contributed by atoms with Crippen molar-refractivity contribution in [2.75, 3.05) is 19.8 Å². The number of carbonyl (C=O) groups is 2. The molecule has 1 saturated heterocycles. The number of benzene rings is 1. The predicted molar refractivity (Wildman–Crippen MR) is 136 cm³/mol. The molecular weight excluding hydrogens is 440 g/mol. The molecule has 3 fully saturated rings. The molecule has 0 N–H and O–H groups in total. The summed E-state index contributed by atoms with van der Waals surface area (Å²) in [5.74, 6) is 0.633. The van der Waals surface area contributed by atoms with Crippen LogP contribution in [0.2, 0.25) is 0 Å². The zero-order valence-corrected chi connectivity index (χ0v) is 23.1. The van der Waals surface area contributed by atoms with Crippen LogP contribution < -0.4 is 0 Å². The molecule has 2 bridgehead atoms. The van der Waals surface area contributed by atoms with Gasteiger partial charge < -0.3 is 14.2 Å². The Morgan fingerprint density at radius 2 is 1.54 bits per heavy atom. The molecule has 0 spiro atoms. The standard InChI is InChI=1S/C30H44O5/c1-10-33-16-23-24(29(23,9)22-14-20(18(2)3)13-21(15-22)19(4)5)17-34-26(32)30-12-11-28(8,25(31)35-30)27(30,6)7/h13-15,18-19,23-24H,10-12,16-17H2,1-9H3/t23-,24-,28?,29+,30?/m1/s1. The van der Waals surface area contributed by atoms with E-state index in [-0.39, 0.29) is 29.2 Å². The van der Waals surface area contributed by atoms with Crippen LogP contribution in [0.25, 0.3) is 0 Å². The quantitative estimate of drug-likeness (QED) is 0.394. The van der Waals surface area contributed by atoms with Crippen LogP contribution in [0.4, 0.5) is 0 Å². The van der Waals surface area contributed by atoms with Crippen molar-refractivity contribution in [1.82, 2.24) is 0 Å². The normalized spacial score (nSPS) is 35.0. The molecular formula is C30H44O5. The van der Waals surface area contributed by atoms with Crippen molar-refractivity contribution in [1.29, 1.82) is 0 Å². The molecule has 0 radical (unpaired) electrons. The zero-order chi connectivity index (χ0) is 26.0. The Hall–Kier alpha value is -1.88. The minimum atomic E-state index is -1.18. The molecule has 1 aromatic carbocycles. The number of hydrogen-bond acceptors (Lipinski definition) is 5. The van der Waals surface area contributed by atoms with Gasteiger partial charge in [0.15, 0.2) is 0 Å². The van der Waals surface area contributed by atoms with Gasteiger partial charge in [-0.05, 0) is 61.1 Å². The van der Waals surface area contributed by atoms with Crippen LogP contribution in [-0.2, 0) is 29.2 Å². The molecule has 3 aliphatic rings. The van der Waals surface area contributed by atoms with Crippen molar-refractivity contribution in [3.8, 4) is 0 Å². The van der Waals surface area contributed by atoms with Crippen LogP contribution in [0.15, 0.2) is 18.2 Å². The highest BCUT2D eigenvalue weighted by atomic mass is 16.6. The monoisotopic (exact) mass is 484 g/mol. The second kappa shape index (κ2) is 8.61. The fourth-order valence-corrected chi connectivity index (χ4v) is 6.59. The first-order chi connectivity index (χ1) is 16.3. The highest BCUT2D eigenvalue weighted by Crippen LogP contribution is 2.66. The van der Waals surface area contributed by atoms with Crippen LogP contribution in [0.1, 0.15) is 104 Å². The third-order valence-electron chi connectivity index (χ3n) is 10.2. The van der Waals surface area contributed by atoms with Crippen molar-refractivity contribution in [3.63, 3.8) is 0 Å². The maximum atomic E-state index is 13.5. The average Bonchev–Trinajstić information content (AvgIpc) is 3.27. The molecule has 2 unspecified atom stereocenters. The van der Waals surface area contributed by atoms with E-state index < -0.39 is 16.4 Å². The van der Waals surface area contributed by atoms with E-state index in [1.807, 2.05) is 27.7 Å². The molecule has 2 aliphatic carbocycles. The van der Waals surface area contributed by atoms with Gasteiger partial charge >= 0.3 is 11.9 Å². The fraction of sp³-hybridized carbons (Fsp3) is 0.733. The van der Waals surface area contributed by atoms with Gasteiger partial charge in [-0.3, -0.25) is 4.79 Å². The molecule has 1 aromatic rings. The first-order valence-corrected chi connectivity index (χ1v) is 13.4. The summed E-state index contributed by atoms with van der Waals surface area (Å²) in [7, 11) is 0. The van der Waals surface area contributed by atoms with E-state index in [1.54, 1.807) is 0 Å². The molecule has 4 rings (SSSR count). The average molecular weight is 485 g/mol. The molecule has 5 nitrogen and oxygen atoms in total. The summed E-state index contributed by atoms with van der Waals surface area (Å²) in [5, 5.41) is 0. The lowest BCUT2D eigenvalue weighted by molar-refractivity contribution is -0.183. The Kier molecular flexibility index (Phi) is 6.44. The summed E-state index contributed by atoms with van der Waals surface area (Å²) in [4.78, 5) is 26.1. The minimum Gasteiger partial charge on any atom is -0.462 e. The third-order valence-corrected chi connectivity index (χ3v) is 10.2. The van der Waals surface area contributed by atoms with Crippen molar-refractivity contribution >= 4 is 11.9 Å². The molecule has 0 aromatic heterocycles. The number of fused-ring (bicyclic) bond motifs is 2. The molecule has 2 saturated carbocycles. The minimum absolute atomic E-state index is 0.131. The van der Waals surface area contributed by atoms with Crippen molar-refractivity contribution < 1.29 is 23.8 Å². The van der Waals surface area contributed by atoms with Gasteiger partial charge in [0.25, 0.3) is 0 Å². The lowest BCUT2D eigenvalue weighted by Gasteiger charge is -2.34. The van der Waals surface area contributed by atoms with Gasteiger partial charge in [-0.25, -0.2) is 4.79 Å². The second-order valence-electron chi connectivity index (χ2n) is 12.6. The molecule has 194 valence electrons. The highest BCUT2D eigenvalue weighted by Gasteiger charge is 2.76. The number of carbonyl (C=O) groups excluding carboxylic acids is 2. The SMILES string of the molecule is CCOC[C@@H]1[C@@H](COC(=O)C23CCC(C)(C(=O)O2)C3(C)C)[C@@]1(C)c1cc(C(C)C)cc(C(C)C)c1. The van der Waals surface area contributed by atoms with Crippen LogP contribution in [0, 0.1) is 22.7 Å². The zero-order valence-electron chi connectivity index (χ0n) is 23.1. The Morgan fingerprint density at radius 3 is 2.00 bits per heavy atom. The topological polar surface area (TPSA) is 61.8 Å². The van der Waals surface area contributed by atoms with E-state index in [0.717, 1.165) is 0 Å². The number of rotatable bonds is 9. The van der Waals surface area contributed by atoms with Gasteiger partial charge in [0.1, 0.15) is 0 Å². The van der Waals surface area contributed by atoms with E-state index in [9.17, 15) is 9.59 Å². The van der Waals surface area contributed by atoms with Gasteiger partial charge in [-0.2, -0.15) is 0 Å². The maximum Gasteiger partial charge on any atom is 0.351 e. The van der Waals surface area contributed by atoms with Crippen molar-refractivity contribution in [3.05, 3.63) is 34.9 Å². The largest absolute Gasteiger partial charge is 0.462 e. The number of hydrogen-bond donors (Lipinski definition) is 0. The molecule has 5 heteroatoms. The summed E-state index contributed by atoms with van der Waals surface area (Å²) >= 11 is 0. The Morgan fingerprint density at radius 1 is 0.971 bits per heavy atom. The lowest BCUT2D eigenvalue weighted by atomic mass is 9.66. The van der Waals surface area contributed by atoms with E-state index in [1.165, 1.54) is 16.7 Å². The molecule has 1 heterocycles. The summed E-state index contributed by atoms with van der Waals surface area (Å²) in [5.41, 5.74) is 1.45. The first-order valence-electron chi connectivity index (χ1n) is 13.4. The molecule has 35 heavy (non-hydrogen) atoms. The van der Waals surface area contributed by atoms with Crippen LogP contribution >= 0.6 is 0 Å². The van der Waals surface area contributed by atoms with Gasteiger partial charge in [0.05, 0.1) is 18.6 Å². The van der Waals surface area contributed by atoms with E-state index in [4.69, 9.17) is 14.2 Å². The number of ether oxygens (including phenoxy) is 3. The van der Waals surface area contributed by atoms with Crippen LogP contribution in [0.3, 0.4) is 0 Å². The maximum absolute atomic E-state index is 13.5. The van der Waals surface area contributed by atoms with Gasteiger partial charge in [0.2, 0.25) is 5.60 Å². The van der Waals surface area contributed by atoms with E-state index in [2.05, 4.69) is 52.8 Å². The number of esters is 2. The lowest BCUT2D eigenvalue weighted by Crippen LogP contribution is -2.49. The molecule has 0 amide bonds. The Balaban J connectivity index is 1.58. The van der Waals surface area contributed by atoms with Gasteiger partial charge in [0, 0.05) is 23.4 Å². The fourth-order valence-electron chi connectivity index (χ4n) is 6.59. The highest BCUT2D eigenvalue weighted by molar-refractivity contribution is 5.93. The Bertz CT molecular complexity index is 984. The predicted octanol–water partition coefficient (Wildman–Crippen LogP) is 6.14. The Labute approximate surface area is 211 Å². The van der Waals surface area contributed by atoms with Crippen molar-refractivity contribution in [2.24, 2.45) is 22.7 Å². The molecule has 5 atom stereocenters.